The molecule has 0 aromatic heterocycles. The number of carbonyl (C=O) groups is 1. The molecule has 0 spiro atoms. The van der Waals surface area contributed by atoms with Crippen molar-refractivity contribution in [2.24, 2.45) is 5.73 Å². The molecule has 106 valence electrons. The normalized spacial score (nSPS) is 14.2. The fourth-order valence-electron chi connectivity index (χ4n) is 1.85. The van der Waals surface area contributed by atoms with E-state index < -0.39 is 5.54 Å². The summed E-state index contributed by atoms with van der Waals surface area (Å²) in [6, 6.07) is 7.49. The molecule has 1 amide bonds. The quantitative estimate of drug-likeness (QED) is 0.793. The summed E-state index contributed by atoms with van der Waals surface area (Å²) in [5.74, 6) is 0.416. The lowest BCUT2D eigenvalue weighted by Crippen LogP contribution is -2.50. The molecule has 4 heteroatoms. The molecule has 1 atom stereocenters. The molecule has 19 heavy (non-hydrogen) atoms. The Kier molecular flexibility index (Phi) is 5.36. The highest BCUT2D eigenvalue weighted by Gasteiger charge is 2.32. The second kappa shape index (κ2) is 6.57. The molecule has 1 aromatic carbocycles. The van der Waals surface area contributed by atoms with Gasteiger partial charge in [0.15, 0.2) is 0 Å². The van der Waals surface area contributed by atoms with Gasteiger partial charge in [-0.1, -0.05) is 19.1 Å². The van der Waals surface area contributed by atoms with Crippen LogP contribution in [0.5, 0.6) is 5.75 Å². The summed E-state index contributed by atoms with van der Waals surface area (Å²) >= 11 is 0. The van der Waals surface area contributed by atoms with Crippen molar-refractivity contribution in [1.29, 1.82) is 0 Å². The monoisotopic (exact) mass is 264 g/mol. The zero-order valence-corrected chi connectivity index (χ0v) is 12.2. The molecule has 0 aliphatic rings. The van der Waals surface area contributed by atoms with Crippen LogP contribution in [0.25, 0.3) is 0 Å². The van der Waals surface area contributed by atoms with E-state index in [4.69, 9.17) is 10.5 Å². The van der Waals surface area contributed by atoms with E-state index in [2.05, 4.69) is 5.32 Å². The van der Waals surface area contributed by atoms with Gasteiger partial charge >= 0.3 is 0 Å². The number of rotatable bonds is 7. The number of hydrogen-bond donors (Lipinski definition) is 2. The smallest absolute Gasteiger partial charge is 0.242 e. The van der Waals surface area contributed by atoms with Gasteiger partial charge in [0.25, 0.3) is 0 Å². The molecular weight excluding hydrogens is 240 g/mol. The fraction of sp³-hybridized carbons (Fsp3) is 0.533. The lowest BCUT2D eigenvalue weighted by Gasteiger charge is -2.28. The van der Waals surface area contributed by atoms with Crippen molar-refractivity contribution in [3.05, 3.63) is 29.8 Å². The van der Waals surface area contributed by atoms with Crippen LogP contribution in [0.2, 0.25) is 0 Å². The third-order valence-electron chi connectivity index (χ3n) is 3.02. The SMILES string of the molecule is CCCNC(C)(C(N)=O)c1ccc(OC(C)C)cc1. The molecule has 1 rings (SSSR count). The van der Waals surface area contributed by atoms with Crippen molar-refractivity contribution >= 4 is 5.91 Å². The standard InChI is InChI=1S/C15H24N2O2/c1-5-10-17-15(4,14(16)18)12-6-8-13(9-7-12)19-11(2)3/h6-9,11,17H,5,10H2,1-4H3,(H2,16,18). The van der Waals surface area contributed by atoms with E-state index in [1.54, 1.807) is 0 Å². The zero-order chi connectivity index (χ0) is 14.5. The van der Waals surface area contributed by atoms with Crippen LogP contribution in [0, 0.1) is 0 Å². The summed E-state index contributed by atoms with van der Waals surface area (Å²) < 4.78 is 5.59. The topological polar surface area (TPSA) is 64.3 Å². The maximum absolute atomic E-state index is 11.7. The van der Waals surface area contributed by atoms with E-state index in [0.717, 1.165) is 24.3 Å². The second-order valence-electron chi connectivity index (χ2n) is 5.11. The summed E-state index contributed by atoms with van der Waals surface area (Å²) in [7, 11) is 0. The van der Waals surface area contributed by atoms with Gasteiger partial charge in [0.05, 0.1) is 6.10 Å². The number of nitrogens with two attached hydrogens (primary N) is 1. The maximum atomic E-state index is 11.7. The Morgan fingerprint density at radius 2 is 1.95 bits per heavy atom. The first-order chi connectivity index (χ1) is 8.90. The molecule has 1 aromatic rings. The average Bonchev–Trinajstić information content (AvgIpc) is 2.35. The average molecular weight is 264 g/mol. The first-order valence-electron chi connectivity index (χ1n) is 6.72. The maximum Gasteiger partial charge on any atom is 0.242 e. The molecule has 0 fully saturated rings. The van der Waals surface area contributed by atoms with Crippen LogP contribution in [-0.4, -0.2) is 18.6 Å². The van der Waals surface area contributed by atoms with E-state index in [1.165, 1.54) is 0 Å². The minimum atomic E-state index is -0.841. The predicted molar refractivity (Wildman–Crippen MR) is 77.0 cm³/mol. The third kappa shape index (κ3) is 3.96. The number of benzene rings is 1. The van der Waals surface area contributed by atoms with Crippen LogP contribution in [0.1, 0.15) is 39.7 Å². The van der Waals surface area contributed by atoms with Gasteiger partial charge in [-0.05, 0) is 51.4 Å². The lowest BCUT2D eigenvalue weighted by molar-refractivity contribution is -0.124. The highest BCUT2D eigenvalue weighted by molar-refractivity contribution is 5.85. The van der Waals surface area contributed by atoms with Gasteiger partial charge in [-0.3, -0.25) is 10.1 Å². The highest BCUT2D eigenvalue weighted by atomic mass is 16.5. The Labute approximate surface area is 115 Å². The molecule has 4 nitrogen and oxygen atoms in total. The molecule has 0 radical (unpaired) electrons. The van der Waals surface area contributed by atoms with Gasteiger partial charge in [-0.25, -0.2) is 0 Å². The van der Waals surface area contributed by atoms with E-state index >= 15 is 0 Å². The number of hydrogen-bond acceptors (Lipinski definition) is 3. The molecule has 0 heterocycles. The first-order valence-corrected chi connectivity index (χ1v) is 6.72. The van der Waals surface area contributed by atoms with Gasteiger partial charge in [0.2, 0.25) is 5.91 Å². The molecule has 0 saturated carbocycles. The van der Waals surface area contributed by atoms with E-state index in [0.29, 0.717) is 0 Å². The Morgan fingerprint density at radius 3 is 2.37 bits per heavy atom. The summed E-state index contributed by atoms with van der Waals surface area (Å²) in [4.78, 5) is 11.7. The Morgan fingerprint density at radius 1 is 1.37 bits per heavy atom. The lowest BCUT2D eigenvalue weighted by atomic mass is 9.91. The number of nitrogens with one attached hydrogen (secondary N) is 1. The fourth-order valence-corrected chi connectivity index (χ4v) is 1.85. The highest BCUT2D eigenvalue weighted by Crippen LogP contribution is 2.23. The minimum absolute atomic E-state index is 0.131. The summed E-state index contributed by atoms with van der Waals surface area (Å²) in [5.41, 5.74) is 5.54. The first kappa shape index (κ1) is 15.5. The predicted octanol–water partition coefficient (Wildman–Crippen LogP) is 2.17. The van der Waals surface area contributed by atoms with Gasteiger partial charge in [0, 0.05) is 0 Å². The van der Waals surface area contributed by atoms with E-state index in [-0.39, 0.29) is 12.0 Å². The van der Waals surface area contributed by atoms with Crippen LogP contribution in [-0.2, 0) is 10.3 Å². The van der Waals surface area contributed by atoms with Crippen molar-refractivity contribution < 1.29 is 9.53 Å². The van der Waals surface area contributed by atoms with Crippen LogP contribution in [0.3, 0.4) is 0 Å². The second-order valence-corrected chi connectivity index (χ2v) is 5.11. The largest absolute Gasteiger partial charge is 0.491 e. The van der Waals surface area contributed by atoms with Crippen molar-refractivity contribution in [2.75, 3.05) is 6.54 Å². The van der Waals surface area contributed by atoms with Crippen LogP contribution >= 0.6 is 0 Å². The summed E-state index contributed by atoms with van der Waals surface area (Å²) in [6.45, 7) is 8.55. The van der Waals surface area contributed by atoms with E-state index in [9.17, 15) is 4.79 Å². The number of ether oxygens (including phenoxy) is 1. The molecule has 0 saturated heterocycles. The zero-order valence-electron chi connectivity index (χ0n) is 12.2. The van der Waals surface area contributed by atoms with Gasteiger partial charge in [0.1, 0.15) is 11.3 Å². The van der Waals surface area contributed by atoms with Crippen molar-refractivity contribution in [3.8, 4) is 5.75 Å². The van der Waals surface area contributed by atoms with E-state index in [1.807, 2.05) is 52.0 Å². The van der Waals surface area contributed by atoms with Crippen LogP contribution in [0.4, 0.5) is 0 Å². The summed E-state index contributed by atoms with van der Waals surface area (Å²) in [5, 5.41) is 3.21. The molecule has 1 unspecified atom stereocenters. The van der Waals surface area contributed by atoms with Crippen molar-refractivity contribution in [3.63, 3.8) is 0 Å². The molecular formula is C15H24N2O2. The number of primary amides is 1. The Balaban J connectivity index is 2.94. The van der Waals surface area contributed by atoms with Gasteiger partial charge in [-0.2, -0.15) is 0 Å². The minimum Gasteiger partial charge on any atom is -0.491 e. The molecule has 3 N–H and O–H groups in total. The summed E-state index contributed by atoms with van der Waals surface area (Å²) in [6.07, 6.45) is 1.07. The van der Waals surface area contributed by atoms with Gasteiger partial charge in [-0.15, -0.1) is 0 Å². The van der Waals surface area contributed by atoms with Crippen molar-refractivity contribution in [1.82, 2.24) is 5.32 Å². The number of amides is 1. The molecule has 0 aliphatic heterocycles. The molecule has 0 bridgehead atoms. The molecule has 0 aliphatic carbocycles. The number of carbonyl (C=O) groups excluding carboxylic acids is 1. The Hall–Kier alpha value is -1.55. The van der Waals surface area contributed by atoms with Crippen LogP contribution < -0.4 is 15.8 Å². The van der Waals surface area contributed by atoms with Gasteiger partial charge < -0.3 is 10.5 Å². The van der Waals surface area contributed by atoms with Crippen molar-refractivity contribution in [2.45, 2.75) is 45.8 Å². The third-order valence-corrected chi connectivity index (χ3v) is 3.02. The van der Waals surface area contributed by atoms with Crippen LogP contribution in [0.15, 0.2) is 24.3 Å². The Bertz CT molecular complexity index is 415.